The van der Waals surface area contributed by atoms with Crippen LogP contribution in [-0.2, 0) is 13.6 Å². The summed E-state index contributed by atoms with van der Waals surface area (Å²) in [7, 11) is 1.90. The lowest BCUT2D eigenvalue weighted by Gasteiger charge is -2.21. The van der Waals surface area contributed by atoms with E-state index >= 15 is 0 Å². The lowest BCUT2D eigenvalue weighted by atomic mass is 9.85. The number of aryl methyl sites for hydroxylation is 2. The van der Waals surface area contributed by atoms with Crippen LogP contribution in [-0.4, -0.2) is 22.4 Å². The van der Waals surface area contributed by atoms with Crippen LogP contribution in [0.4, 0.5) is 4.79 Å². The van der Waals surface area contributed by atoms with Crippen molar-refractivity contribution in [2.75, 3.05) is 6.54 Å². The van der Waals surface area contributed by atoms with Crippen LogP contribution in [0.5, 0.6) is 0 Å². The molecule has 122 valence electrons. The molecule has 2 saturated carbocycles. The Morgan fingerprint density at radius 3 is 2.77 bits per heavy atom. The van der Waals surface area contributed by atoms with Crippen molar-refractivity contribution in [3.63, 3.8) is 0 Å². The van der Waals surface area contributed by atoms with E-state index in [1.807, 2.05) is 24.7 Å². The predicted molar refractivity (Wildman–Crippen MR) is 86.4 cm³/mol. The van der Waals surface area contributed by atoms with Gasteiger partial charge in [0.2, 0.25) is 0 Å². The van der Waals surface area contributed by atoms with Gasteiger partial charge in [-0.05, 0) is 37.2 Å². The van der Waals surface area contributed by atoms with E-state index in [1.54, 1.807) is 0 Å². The number of amides is 2. The average molecular weight is 304 g/mol. The monoisotopic (exact) mass is 304 g/mol. The third kappa shape index (κ3) is 3.81. The first kappa shape index (κ1) is 15.4. The van der Waals surface area contributed by atoms with Crippen LogP contribution in [0.1, 0.15) is 49.9 Å². The van der Waals surface area contributed by atoms with Crippen molar-refractivity contribution >= 4 is 6.03 Å². The Morgan fingerprint density at radius 1 is 1.32 bits per heavy atom. The number of urea groups is 1. The van der Waals surface area contributed by atoms with Gasteiger partial charge in [0.05, 0.1) is 17.9 Å². The number of nitrogens with one attached hydrogen (secondary N) is 2. The molecule has 1 aromatic heterocycles. The molecule has 0 unspecified atom stereocenters. The fraction of sp³-hybridized carbons (Fsp3) is 0.765. The molecule has 2 atom stereocenters. The number of aromatic nitrogens is 2. The molecule has 22 heavy (non-hydrogen) atoms. The molecule has 0 spiro atoms. The number of nitrogens with zero attached hydrogens (tertiary/aromatic N) is 2. The number of hydrogen-bond acceptors (Lipinski definition) is 2. The quantitative estimate of drug-likeness (QED) is 0.879. The summed E-state index contributed by atoms with van der Waals surface area (Å²) < 4.78 is 1.82. The molecular formula is C17H28N4O. The molecule has 2 N–H and O–H groups in total. The second-order valence-corrected chi connectivity index (χ2v) is 7.02. The zero-order chi connectivity index (χ0) is 15.5. The van der Waals surface area contributed by atoms with E-state index in [0.717, 1.165) is 29.8 Å². The van der Waals surface area contributed by atoms with E-state index in [0.29, 0.717) is 12.5 Å². The largest absolute Gasteiger partial charge is 0.338 e. The third-order valence-corrected chi connectivity index (χ3v) is 5.29. The predicted octanol–water partition coefficient (Wildman–Crippen LogP) is 2.74. The van der Waals surface area contributed by atoms with Crippen LogP contribution < -0.4 is 10.6 Å². The topological polar surface area (TPSA) is 59.0 Å². The standard InChI is InChI=1S/C17H28N4O/c1-12-8-15(21(2)20-12)11-19-17(22)18-10-14-9-16(14)13-6-4-3-5-7-13/h8,13-14,16H,3-7,9-11H2,1-2H3,(H2,18,19,22)/t14-,16-/m0/s1. The number of hydrogen-bond donors (Lipinski definition) is 2. The van der Waals surface area contributed by atoms with Crippen molar-refractivity contribution in [1.29, 1.82) is 0 Å². The van der Waals surface area contributed by atoms with Gasteiger partial charge in [-0.15, -0.1) is 0 Å². The van der Waals surface area contributed by atoms with Gasteiger partial charge in [0, 0.05) is 13.6 Å². The Kier molecular flexibility index (Phi) is 4.69. The molecule has 2 fully saturated rings. The summed E-state index contributed by atoms with van der Waals surface area (Å²) >= 11 is 0. The third-order valence-electron chi connectivity index (χ3n) is 5.29. The van der Waals surface area contributed by atoms with Gasteiger partial charge in [0.25, 0.3) is 0 Å². The van der Waals surface area contributed by atoms with E-state index in [4.69, 9.17) is 0 Å². The zero-order valence-corrected chi connectivity index (χ0v) is 13.8. The Bertz CT molecular complexity index is 519. The van der Waals surface area contributed by atoms with E-state index in [9.17, 15) is 4.79 Å². The molecule has 2 aliphatic carbocycles. The van der Waals surface area contributed by atoms with Gasteiger partial charge < -0.3 is 10.6 Å². The molecule has 0 aliphatic heterocycles. The summed E-state index contributed by atoms with van der Waals surface area (Å²) in [5.74, 6) is 2.52. The summed E-state index contributed by atoms with van der Waals surface area (Å²) in [6, 6.07) is 1.94. The van der Waals surface area contributed by atoms with Crippen molar-refractivity contribution < 1.29 is 4.79 Å². The van der Waals surface area contributed by atoms with E-state index < -0.39 is 0 Å². The van der Waals surface area contributed by atoms with Crippen molar-refractivity contribution in [1.82, 2.24) is 20.4 Å². The lowest BCUT2D eigenvalue weighted by molar-refractivity contribution is 0.239. The van der Waals surface area contributed by atoms with E-state index in [1.165, 1.54) is 38.5 Å². The zero-order valence-electron chi connectivity index (χ0n) is 13.8. The van der Waals surface area contributed by atoms with Crippen molar-refractivity contribution in [2.45, 2.75) is 52.0 Å². The van der Waals surface area contributed by atoms with Crippen LogP contribution in [0, 0.1) is 24.7 Å². The van der Waals surface area contributed by atoms with Gasteiger partial charge in [-0.25, -0.2) is 4.79 Å². The van der Waals surface area contributed by atoms with Gasteiger partial charge in [0.1, 0.15) is 0 Å². The first-order chi connectivity index (χ1) is 10.6. The molecule has 1 heterocycles. The minimum atomic E-state index is -0.0619. The maximum atomic E-state index is 11.9. The number of rotatable bonds is 5. The van der Waals surface area contributed by atoms with Crippen molar-refractivity contribution in [2.24, 2.45) is 24.8 Å². The van der Waals surface area contributed by atoms with E-state index in [2.05, 4.69) is 15.7 Å². The first-order valence-electron chi connectivity index (χ1n) is 8.64. The minimum absolute atomic E-state index is 0.0619. The summed E-state index contributed by atoms with van der Waals surface area (Å²) in [5, 5.41) is 10.2. The summed E-state index contributed by atoms with van der Waals surface area (Å²) in [4.78, 5) is 11.9. The molecule has 2 amide bonds. The Balaban J connectivity index is 1.34. The highest BCUT2D eigenvalue weighted by Gasteiger charge is 2.42. The summed E-state index contributed by atoms with van der Waals surface area (Å²) in [6.07, 6.45) is 8.37. The molecule has 5 nitrogen and oxygen atoms in total. The molecule has 0 aromatic carbocycles. The summed E-state index contributed by atoms with van der Waals surface area (Å²) in [5.41, 5.74) is 2.01. The normalized spacial score (nSPS) is 25.0. The van der Waals surface area contributed by atoms with Gasteiger partial charge in [-0.2, -0.15) is 5.10 Å². The second-order valence-electron chi connectivity index (χ2n) is 7.02. The SMILES string of the molecule is Cc1cc(CNC(=O)NC[C@@H]2C[C@H]2C2CCCCC2)n(C)n1. The molecule has 0 saturated heterocycles. The first-order valence-corrected chi connectivity index (χ1v) is 8.64. The van der Waals surface area contributed by atoms with E-state index in [-0.39, 0.29) is 6.03 Å². The van der Waals surface area contributed by atoms with Gasteiger partial charge >= 0.3 is 6.03 Å². The van der Waals surface area contributed by atoms with Crippen LogP contribution in [0.2, 0.25) is 0 Å². The molecule has 0 bridgehead atoms. The number of carbonyl (C=O) groups excluding carboxylic acids is 1. The fourth-order valence-corrected chi connectivity index (χ4v) is 3.93. The maximum absolute atomic E-state index is 11.9. The molecule has 5 heteroatoms. The minimum Gasteiger partial charge on any atom is -0.338 e. The molecule has 3 rings (SSSR count). The highest BCUT2D eigenvalue weighted by atomic mass is 16.2. The smallest absolute Gasteiger partial charge is 0.315 e. The highest BCUT2D eigenvalue weighted by Crippen LogP contribution is 2.48. The van der Waals surface area contributed by atoms with Crippen LogP contribution in [0.15, 0.2) is 6.07 Å². The Hall–Kier alpha value is -1.52. The highest BCUT2D eigenvalue weighted by molar-refractivity contribution is 5.73. The number of carbonyl (C=O) groups is 1. The summed E-state index contributed by atoms with van der Waals surface area (Å²) in [6.45, 7) is 3.32. The maximum Gasteiger partial charge on any atom is 0.315 e. The van der Waals surface area contributed by atoms with Crippen molar-refractivity contribution in [3.05, 3.63) is 17.5 Å². The average Bonchev–Trinajstić information content (AvgIpc) is 3.22. The van der Waals surface area contributed by atoms with Crippen LogP contribution in [0.25, 0.3) is 0 Å². The molecule has 0 radical (unpaired) electrons. The van der Waals surface area contributed by atoms with Crippen LogP contribution >= 0.6 is 0 Å². The second kappa shape index (κ2) is 6.71. The molecule has 1 aromatic rings. The van der Waals surface area contributed by atoms with Gasteiger partial charge in [-0.1, -0.05) is 32.1 Å². The fourth-order valence-electron chi connectivity index (χ4n) is 3.93. The van der Waals surface area contributed by atoms with Crippen molar-refractivity contribution in [3.8, 4) is 0 Å². The van der Waals surface area contributed by atoms with Gasteiger partial charge in [0.15, 0.2) is 0 Å². The Labute approximate surface area is 132 Å². The van der Waals surface area contributed by atoms with Crippen LogP contribution in [0.3, 0.4) is 0 Å². The lowest BCUT2D eigenvalue weighted by Crippen LogP contribution is -2.36. The molecular weight excluding hydrogens is 276 g/mol. The molecule has 2 aliphatic rings. The Morgan fingerprint density at radius 2 is 2.09 bits per heavy atom. The van der Waals surface area contributed by atoms with Gasteiger partial charge in [-0.3, -0.25) is 4.68 Å².